The summed E-state index contributed by atoms with van der Waals surface area (Å²) in [6.07, 6.45) is -0.162. The van der Waals surface area contributed by atoms with Gasteiger partial charge in [-0.1, -0.05) is 0 Å². The zero-order chi connectivity index (χ0) is 15.5. The second kappa shape index (κ2) is 6.84. The number of piperazine rings is 1. The van der Waals surface area contributed by atoms with Crippen LogP contribution in [-0.4, -0.2) is 73.1 Å². The fraction of sp³-hybridized carbons (Fsp3) is 0.583. The quantitative estimate of drug-likeness (QED) is 0.739. The molecule has 0 amide bonds. The van der Waals surface area contributed by atoms with Crippen molar-refractivity contribution in [1.29, 1.82) is 0 Å². The molecule has 9 heteroatoms. The van der Waals surface area contributed by atoms with Crippen molar-refractivity contribution < 1.29 is 23.4 Å². The van der Waals surface area contributed by atoms with Gasteiger partial charge < -0.3 is 10.2 Å². The molecule has 1 fully saturated rings. The fourth-order valence-electron chi connectivity index (χ4n) is 2.20. The predicted molar refractivity (Wildman–Crippen MR) is 77.9 cm³/mol. The number of aliphatic hydroxyl groups is 1. The standard InChI is InChI=1S/C12H18N2O5S2/c15-8-7-13-3-5-14(6-4-13)21(18,19)12-2-1-10(20-12)9-11(16)17/h1-2,15H,3-9H2,(H,16,17). The Labute approximate surface area is 127 Å². The molecule has 0 unspecified atom stereocenters. The summed E-state index contributed by atoms with van der Waals surface area (Å²) in [5.74, 6) is -0.974. The van der Waals surface area contributed by atoms with Crippen molar-refractivity contribution in [2.45, 2.75) is 10.6 Å². The number of hydrogen-bond acceptors (Lipinski definition) is 6. The molecule has 0 saturated carbocycles. The van der Waals surface area contributed by atoms with E-state index in [1.807, 2.05) is 4.90 Å². The van der Waals surface area contributed by atoms with Crippen LogP contribution in [0.5, 0.6) is 0 Å². The summed E-state index contributed by atoms with van der Waals surface area (Å²) in [6.45, 7) is 2.56. The van der Waals surface area contributed by atoms with Crippen molar-refractivity contribution in [3.05, 3.63) is 17.0 Å². The van der Waals surface area contributed by atoms with Gasteiger partial charge in [0, 0.05) is 37.6 Å². The van der Waals surface area contributed by atoms with E-state index in [0.717, 1.165) is 11.3 Å². The molecule has 0 spiro atoms. The van der Waals surface area contributed by atoms with E-state index < -0.39 is 16.0 Å². The van der Waals surface area contributed by atoms with E-state index in [2.05, 4.69) is 0 Å². The lowest BCUT2D eigenvalue weighted by molar-refractivity contribution is -0.136. The number of carboxylic acids is 1. The van der Waals surface area contributed by atoms with Gasteiger partial charge in [-0.3, -0.25) is 9.69 Å². The van der Waals surface area contributed by atoms with Gasteiger partial charge in [0.25, 0.3) is 10.0 Å². The number of hydrogen-bond donors (Lipinski definition) is 2. The molecular formula is C12H18N2O5S2. The largest absolute Gasteiger partial charge is 0.481 e. The third-order valence-electron chi connectivity index (χ3n) is 3.30. The molecule has 1 aromatic heterocycles. The smallest absolute Gasteiger partial charge is 0.308 e. The number of carboxylic acid groups (broad SMARTS) is 1. The molecule has 0 atom stereocenters. The first-order valence-corrected chi connectivity index (χ1v) is 8.83. The summed E-state index contributed by atoms with van der Waals surface area (Å²) in [4.78, 5) is 13.2. The summed E-state index contributed by atoms with van der Waals surface area (Å²) < 4.78 is 26.5. The first-order valence-electron chi connectivity index (χ1n) is 6.57. The molecule has 1 aliphatic rings. The van der Waals surface area contributed by atoms with E-state index in [9.17, 15) is 13.2 Å². The predicted octanol–water partition coefficient (Wildman–Crippen LogP) is -0.326. The Morgan fingerprint density at radius 1 is 1.24 bits per heavy atom. The first kappa shape index (κ1) is 16.4. The topological polar surface area (TPSA) is 98.1 Å². The number of aliphatic hydroxyl groups excluding tert-OH is 1. The van der Waals surface area contributed by atoms with Crippen LogP contribution in [0.1, 0.15) is 4.88 Å². The van der Waals surface area contributed by atoms with Gasteiger partial charge in [-0.2, -0.15) is 4.31 Å². The number of nitrogens with zero attached hydrogens (tertiary/aromatic N) is 2. The minimum Gasteiger partial charge on any atom is -0.481 e. The molecule has 21 heavy (non-hydrogen) atoms. The first-order chi connectivity index (χ1) is 9.93. The van der Waals surface area contributed by atoms with Crippen molar-refractivity contribution in [2.75, 3.05) is 39.3 Å². The zero-order valence-electron chi connectivity index (χ0n) is 11.4. The van der Waals surface area contributed by atoms with Gasteiger partial charge in [-0.25, -0.2) is 8.42 Å². The summed E-state index contributed by atoms with van der Waals surface area (Å²) in [6, 6.07) is 3.02. The molecule has 0 radical (unpaired) electrons. The van der Waals surface area contributed by atoms with Crippen LogP contribution in [-0.2, 0) is 21.2 Å². The van der Waals surface area contributed by atoms with E-state index >= 15 is 0 Å². The van der Waals surface area contributed by atoms with Crippen LogP contribution in [0.15, 0.2) is 16.3 Å². The van der Waals surface area contributed by atoms with Crippen LogP contribution in [0.4, 0.5) is 0 Å². The normalized spacial score (nSPS) is 18.0. The van der Waals surface area contributed by atoms with Gasteiger partial charge in [-0.05, 0) is 12.1 Å². The number of thiophene rings is 1. The SMILES string of the molecule is O=C(O)Cc1ccc(S(=O)(=O)N2CCN(CCO)CC2)s1. The number of rotatable bonds is 6. The van der Waals surface area contributed by atoms with Crippen molar-refractivity contribution in [3.63, 3.8) is 0 Å². The van der Waals surface area contributed by atoms with Crippen LogP contribution in [0, 0.1) is 0 Å². The summed E-state index contributed by atoms with van der Waals surface area (Å²) in [5.41, 5.74) is 0. The van der Waals surface area contributed by atoms with Gasteiger partial charge in [0.15, 0.2) is 0 Å². The fourth-order valence-corrected chi connectivity index (χ4v) is 5.13. The Bertz CT molecular complexity index is 591. The Balaban J connectivity index is 2.05. The molecule has 2 N–H and O–H groups in total. The lowest BCUT2D eigenvalue weighted by Gasteiger charge is -2.33. The molecule has 118 valence electrons. The van der Waals surface area contributed by atoms with Crippen LogP contribution in [0.25, 0.3) is 0 Å². The van der Waals surface area contributed by atoms with Gasteiger partial charge in [0.2, 0.25) is 0 Å². The monoisotopic (exact) mass is 334 g/mol. The van der Waals surface area contributed by atoms with E-state index in [1.165, 1.54) is 10.4 Å². The van der Waals surface area contributed by atoms with Crippen molar-refractivity contribution in [2.24, 2.45) is 0 Å². The number of carbonyl (C=O) groups is 1. The molecule has 0 bridgehead atoms. The average Bonchev–Trinajstić information content (AvgIpc) is 2.88. The van der Waals surface area contributed by atoms with E-state index in [0.29, 0.717) is 37.6 Å². The lowest BCUT2D eigenvalue weighted by Crippen LogP contribution is -2.49. The molecule has 7 nitrogen and oxygen atoms in total. The molecular weight excluding hydrogens is 316 g/mol. The molecule has 1 saturated heterocycles. The summed E-state index contributed by atoms with van der Waals surface area (Å²) in [7, 11) is -3.55. The minimum atomic E-state index is -3.55. The average molecular weight is 334 g/mol. The number of aliphatic carboxylic acids is 1. The highest BCUT2D eigenvalue weighted by Gasteiger charge is 2.29. The molecule has 0 aromatic carbocycles. The molecule has 2 heterocycles. The maximum atomic E-state index is 12.5. The maximum absolute atomic E-state index is 12.5. The van der Waals surface area contributed by atoms with Gasteiger partial charge in [0.1, 0.15) is 4.21 Å². The number of β-amino-alcohol motifs (C(OH)–C–C–N with tert-alkyl or cyclic N) is 1. The van der Waals surface area contributed by atoms with Gasteiger partial charge in [-0.15, -0.1) is 11.3 Å². The van der Waals surface area contributed by atoms with E-state index in [1.54, 1.807) is 6.07 Å². The number of sulfonamides is 1. The van der Waals surface area contributed by atoms with Crippen LogP contribution in [0.3, 0.4) is 0 Å². The minimum absolute atomic E-state index is 0.0657. The third kappa shape index (κ3) is 4.01. The maximum Gasteiger partial charge on any atom is 0.308 e. The Morgan fingerprint density at radius 2 is 1.90 bits per heavy atom. The van der Waals surface area contributed by atoms with E-state index in [-0.39, 0.29) is 17.2 Å². The second-order valence-corrected chi connectivity index (χ2v) is 8.09. The Morgan fingerprint density at radius 3 is 2.48 bits per heavy atom. The highest BCUT2D eigenvalue weighted by Crippen LogP contribution is 2.26. The van der Waals surface area contributed by atoms with Crippen molar-refractivity contribution in [3.8, 4) is 0 Å². The van der Waals surface area contributed by atoms with Crippen LogP contribution >= 0.6 is 11.3 Å². The highest BCUT2D eigenvalue weighted by molar-refractivity contribution is 7.91. The summed E-state index contributed by atoms with van der Waals surface area (Å²) >= 11 is 1.01. The molecule has 1 aliphatic heterocycles. The Hall–Kier alpha value is -1.00. The zero-order valence-corrected chi connectivity index (χ0v) is 13.1. The van der Waals surface area contributed by atoms with Crippen LogP contribution in [0.2, 0.25) is 0 Å². The van der Waals surface area contributed by atoms with Crippen molar-refractivity contribution >= 4 is 27.3 Å². The highest BCUT2D eigenvalue weighted by atomic mass is 32.2. The molecule has 1 aromatic rings. The second-order valence-electron chi connectivity index (χ2n) is 4.76. The van der Waals surface area contributed by atoms with Gasteiger partial charge in [0.05, 0.1) is 13.0 Å². The Kier molecular flexibility index (Phi) is 5.33. The molecule has 0 aliphatic carbocycles. The van der Waals surface area contributed by atoms with E-state index in [4.69, 9.17) is 10.2 Å². The third-order valence-corrected chi connectivity index (χ3v) is 6.76. The van der Waals surface area contributed by atoms with Gasteiger partial charge >= 0.3 is 5.97 Å². The van der Waals surface area contributed by atoms with Crippen molar-refractivity contribution in [1.82, 2.24) is 9.21 Å². The lowest BCUT2D eigenvalue weighted by atomic mass is 10.3. The van der Waals surface area contributed by atoms with Crippen LogP contribution < -0.4 is 0 Å². The summed E-state index contributed by atoms with van der Waals surface area (Å²) in [5, 5.41) is 17.6. The molecule has 2 rings (SSSR count).